The van der Waals surface area contributed by atoms with E-state index in [0.717, 1.165) is 5.57 Å². The minimum Gasteiger partial charge on any atom is -0.456 e. The highest BCUT2D eigenvalue weighted by molar-refractivity contribution is 5.98. The summed E-state index contributed by atoms with van der Waals surface area (Å²) in [5.74, 6) is -2.85. The molecule has 258 valence electrons. The number of ether oxygens (including phenoxy) is 1. The van der Waals surface area contributed by atoms with Gasteiger partial charge in [0.2, 0.25) is 0 Å². The van der Waals surface area contributed by atoms with Crippen molar-refractivity contribution in [3.63, 3.8) is 0 Å². The van der Waals surface area contributed by atoms with Crippen LogP contribution in [0.4, 0.5) is 0 Å². The van der Waals surface area contributed by atoms with Gasteiger partial charge in [-0.15, -0.1) is 39.5 Å². The number of hydrogen-bond acceptors (Lipinski definition) is 8. The van der Waals surface area contributed by atoms with E-state index in [1.165, 1.54) is 26.0 Å². The molecule has 0 aromatic heterocycles. The maximum absolute atomic E-state index is 14.3. The first-order valence-corrected chi connectivity index (χ1v) is 15.9. The summed E-state index contributed by atoms with van der Waals surface area (Å²) < 4.78 is 5.23. The molecule has 0 spiro atoms. The van der Waals surface area contributed by atoms with Crippen molar-refractivity contribution < 1.29 is 39.2 Å². The van der Waals surface area contributed by atoms with Crippen molar-refractivity contribution >= 4 is 23.3 Å². The highest BCUT2D eigenvalue weighted by Crippen LogP contribution is 2.74. The van der Waals surface area contributed by atoms with E-state index in [1.54, 1.807) is 13.8 Å². The zero-order valence-electron chi connectivity index (χ0n) is 29.6. The van der Waals surface area contributed by atoms with Gasteiger partial charge in [0.25, 0.3) is 0 Å². The van der Waals surface area contributed by atoms with Gasteiger partial charge in [-0.3, -0.25) is 19.2 Å². The van der Waals surface area contributed by atoms with Crippen molar-refractivity contribution in [3.8, 4) is 0 Å². The molecular formula is C38H58O8. The first-order chi connectivity index (χ1) is 21.1. The Balaban J connectivity index is 0.00000166. The van der Waals surface area contributed by atoms with Crippen LogP contribution in [0.15, 0.2) is 63.3 Å². The quantitative estimate of drug-likeness (QED) is 0.191. The molecule has 0 amide bonds. The Bertz CT molecular complexity index is 1250. The molecule has 3 saturated carbocycles. The van der Waals surface area contributed by atoms with Crippen molar-refractivity contribution in [1.82, 2.24) is 0 Å². The van der Waals surface area contributed by atoms with Crippen LogP contribution in [0.25, 0.3) is 0 Å². The first kappa shape index (κ1) is 41.1. The number of Topliss-reactive ketones (excluding diaryl/α,β-unsaturated/α-hetero) is 2. The van der Waals surface area contributed by atoms with E-state index in [-0.39, 0.29) is 36.2 Å². The summed E-state index contributed by atoms with van der Waals surface area (Å²) in [6.45, 7) is 33.4. The van der Waals surface area contributed by atoms with Crippen LogP contribution >= 0.6 is 0 Å². The number of allylic oxidation sites excluding steroid dienone is 2. The molecule has 3 fully saturated rings. The van der Waals surface area contributed by atoms with Crippen molar-refractivity contribution in [1.29, 1.82) is 0 Å². The van der Waals surface area contributed by atoms with Gasteiger partial charge in [0.05, 0.1) is 6.10 Å². The molecule has 0 aromatic carbocycles. The number of aliphatic hydroxyl groups excluding tert-OH is 2. The number of esters is 1. The van der Waals surface area contributed by atoms with Gasteiger partial charge < -0.3 is 20.1 Å². The lowest BCUT2D eigenvalue weighted by atomic mass is 9.38. The molecule has 9 atom stereocenters. The number of carbonyl (C=O) groups is 4. The van der Waals surface area contributed by atoms with Crippen molar-refractivity contribution in [3.05, 3.63) is 63.3 Å². The third-order valence-corrected chi connectivity index (χ3v) is 11.5. The van der Waals surface area contributed by atoms with E-state index >= 15 is 0 Å². The predicted molar refractivity (Wildman–Crippen MR) is 182 cm³/mol. The summed E-state index contributed by atoms with van der Waals surface area (Å²) in [5, 5.41) is 34.0. The van der Waals surface area contributed by atoms with Gasteiger partial charge in [-0.25, -0.2) is 0 Å². The summed E-state index contributed by atoms with van der Waals surface area (Å²) >= 11 is 0. The number of aliphatic hydroxyl groups is 3. The monoisotopic (exact) mass is 642 g/mol. The van der Waals surface area contributed by atoms with Crippen molar-refractivity contribution in [2.75, 3.05) is 0 Å². The van der Waals surface area contributed by atoms with Crippen LogP contribution in [0.1, 0.15) is 88.0 Å². The number of rotatable bonds is 5. The molecule has 0 aromatic rings. The molecular weight excluding hydrogens is 584 g/mol. The van der Waals surface area contributed by atoms with Crippen molar-refractivity contribution in [2.45, 2.75) is 111 Å². The minimum absolute atomic E-state index is 0.0284. The summed E-state index contributed by atoms with van der Waals surface area (Å²) in [6, 6.07) is 0. The summed E-state index contributed by atoms with van der Waals surface area (Å²) in [7, 11) is 0. The summed E-state index contributed by atoms with van der Waals surface area (Å²) in [6.07, 6.45) is 3.55. The second kappa shape index (κ2) is 14.0. The van der Waals surface area contributed by atoms with Crippen LogP contribution in [0.5, 0.6) is 0 Å². The molecule has 0 aliphatic heterocycles. The molecule has 3 unspecified atom stereocenters. The lowest BCUT2D eigenvalue weighted by Gasteiger charge is -2.64. The Morgan fingerprint density at radius 1 is 0.957 bits per heavy atom. The van der Waals surface area contributed by atoms with Crippen LogP contribution in [0, 0.1) is 39.4 Å². The Morgan fingerprint density at radius 3 is 1.98 bits per heavy atom. The fourth-order valence-electron chi connectivity index (χ4n) is 9.40. The predicted octanol–water partition coefficient (Wildman–Crippen LogP) is 5.91. The Labute approximate surface area is 276 Å². The topological polar surface area (TPSA) is 138 Å². The van der Waals surface area contributed by atoms with E-state index in [4.69, 9.17) is 4.74 Å². The number of fused-ring (bicyclic) bond motifs is 5. The molecule has 0 saturated heterocycles. The molecule has 8 nitrogen and oxygen atoms in total. The third kappa shape index (κ3) is 6.33. The van der Waals surface area contributed by atoms with Gasteiger partial charge in [-0.05, 0) is 88.7 Å². The Hall–Kier alpha value is -2.94. The fourth-order valence-corrected chi connectivity index (χ4v) is 9.40. The summed E-state index contributed by atoms with van der Waals surface area (Å²) in [4.78, 5) is 52.1. The van der Waals surface area contributed by atoms with E-state index in [2.05, 4.69) is 52.5 Å². The number of hydrogen-bond donors (Lipinski definition) is 3. The highest BCUT2D eigenvalue weighted by Gasteiger charge is 2.74. The normalized spacial score (nSPS) is 37.1. The first-order valence-electron chi connectivity index (χ1n) is 15.9. The van der Waals surface area contributed by atoms with E-state index in [1.807, 2.05) is 27.7 Å². The average molecular weight is 643 g/mol. The molecule has 3 N–H and O–H groups in total. The van der Waals surface area contributed by atoms with Gasteiger partial charge in [0.15, 0.2) is 11.6 Å². The second-order valence-electron chi connectivity index (χ2n) is 14.8. The SMILES string of the molecule is C=C.C=C.C=C.CC(=O)OC(C)(C)/C=C/C(=O)[C@](C)(O)[C@H]1[C@H](O)C[C@@]2(C)C3CC=C4C(CC(O)C(=O)C4(C)C)[C@]3(C)C(=O)C[C@]12C. The van der Waals surface area contributed by atoms with Crippen LogP contribution in [0.2, 0.25) is 0 Å². The molecule has 4 aliphatic rings. The van der Waals surface area contributed by atoms with E-state index < -0.39 is 62.7 Å². The van der Waals surface area contributed by atoms with Gasteiger partial charge in [-0.1, -0.05) is 32.4 Å². The molecule has 4 aliphatic carbocycles. The van der Waals surface area contributed by atoms with Gasteiger partial charge >= 0.3 is 5.97 Å². The highest BCUT2D eigenvalue weighted by atomic mass is 16.6. The fraction of sp³-hybridized carbons (Fsp3) is 0.632. The summed E-state index contributed by atoms with van der Waals surface area (Å²) in [5.41, 5.74) is -5.43. The van der Waals surface area contributed by atoms with Gasteiger partial charge in [0.1, 0.15) is 23.1 Å². The van der Waals surface area contributed by atoms with E-state index in [0.29, 0.717) is 12.8 Å². The maximum atomic E-state index is 14.3. The molecule has 0 bridgehead atoms. The largest absolute Gasteiger partial charge is 0.456 e. The lowest BCUT2D eigenvalue weighted by Crippen LogP contribution is -2.65. The molecule has 46 heavy (non-hydrogen) atoms. The van der Waals surface area contributed by atoms with Crippen LogP contribution < -0.4 is 0 Å². The lowest BCUT2D eigenvalue weighted by molar-refractivity contribution is -0.183. The Kier molecular flexibility index (Phi) is 12.5. The molecule has 8 heteroatoms. The third-order valence-electron chi connectivity index (χ3n) is 11.5. The van der Waals surface area contributed by atoms with Gasteiger partial charge in [-0.2, -0.15) is 0 Å². The zero-order chi connectivity index (χ0) is 36.4. The maximum Gasteiger partial charge on any atom is 0.303 e. The van der Waals surface area contributed by atoms with E-state index in [9.17, 15) is 34.5 Å². The van der Waals surface area contributed by atoms with Crippen LogP contribution in [-0.4, -0.2) is 62.0 Å². The average Bonchev–Trinajstić information content (AvgIpc) is 3.18. The smallest absolute Gasteiger partial charge is 0.303 e. The molecule has 0 radical (unpaired) electrons. The standard InChI is InChI=1S/C32H46O8.3C2H4/c1-17(33)40-27(2,3)13-12-23(36)32(9,39)25-21(35)15-29(6)22-11-10-18-19(14-20(34)26(38)28(18,4)5)31(22,8)24(37)16-30(25,29)7;3*1-2/h10,12-13,19-22,25,34-35,39H,11,14-16H2,1-9H3;3*1-2H2/b13-12+;;;/t19?,20?,21-,22?,25+,29+,30-,31+,32+;;;/m1.../s1. The minimum atomic E-state index is -1.99. The van der Waals surface area contributed by atoms with Crippen molar-refractivity contribution in [2.24, 2.45) is 39.4 Å². The van der Waals surface area contributed by atoms with Crippen LogP contribution in [0.3, 0.4) is 0 Å². The van der Waals surface area contributed by atoms with Gasteiger partial charge in [0, 0.05) is 30.1 Å². The number of ketones is 3. The second-order valence-corrected chi connectivity index (χ2v) is 14.8. The number of carbonyl (C=O) groups excluding carboxylic acids is 4. The molecule has 0 heterocycles. The zero-order valence-corrected chi connectivity index (χ0v) is 29.6. The molecule has 4 rings (SSSR count). The van der Waals surface area contributed by atoms with Crippen LogP contribution in [-0.2, 0) is 23.9 Å². The Morgan fingerprint density at radius 2 is 1.48 bits per heavy atom.